The molecule has 1 aliphatic rings. The molecule has 11 heteroatoms. The molecule has 5 atom stereocenters. The number of nitrogens with one attached hydrogen (secondary N) is 1. The second kappa shape index (κ2) is 13.3. The molecule has 0 radical (unpaired) electrons. The Morgan fingerprint density at radius 1 is 0.978 bits per heavy atom. The molecule has 0 bridgehead atoms. The molecule has 1 saturated heterocycles. The van der Waals surface area contributed by atoms with Crippen molar-refractivity contribution in [2.75, 3.05) is 27.4 Å². The molecule has 2 heterocycles. The van der Waals surface area contributed by atoms with E-state index in [4.69, 9.17) is 24.0 Å². The van der Waals surface area contributed by atoms with Crippen LogP contribution in [0.15, 0.2) is 101 Å². The summed E-state index contributed by atoms with van der Waals surface area (Å²) in [6, 6.07) is 25.9. The van der Waals surface area contributed by atoms with Gasteiger partial charge in [0, 0.05) is 18.4 Å². The number of H-pyrrole nitrogens is 1. The molecule has 1 unspecified atom stereocenters. The van der Waals surface area contributed by atoms with Crippen molar-refractivity contribution in [1.82, 2.24) is 9.55 Å². The molecule has 5 rings (SSSR count). The summed E-state index contributed by atoms with van der Waals surface area (Å²) in [5.74, 6) is 0.502. The molecule has 46 heavy (non-hydrogen) atoms. The number of aliphatic hydroxyl groups is 2. The minimum absolute atomic E-state index is 0.181. The van der Waals surface area contributed by atoms with Crippen molar-refractivity contribution in [2.45, 2.75) is 55.8 Å². The highest BCUT2D eigenvalue weighted by atomic mass is 17.2. The Hall–Kier alpha value is -4.10. The standard InChI is InChI=1S/C35H40N2O9/c1-6-44-24(3)34(46-43-5)30(39)29(22-38)45-35(34,37-21-23(2)31(40)36-32(37)41)33(25-14-9-7-10-15-25,26-16-11-8-12-17-26)27-18-13-19-28(20-27)42-4/h7-21,24,29-30,38-39H,6,22H2,1-5H3,(H,36,40,41)/t24?,29-,30-,34-,35-/m1/s1. The van der Waals surface area contributed by atoms with Crippen LogP contribution in [0.1, 0.15) is 36.1 Å². The maximum absolute atomic E-state index is 14.3. The van der Waals surface area contributed by atoms with E-state index in [2.05, 4.69) is 4.98 Å². The van der Waals surface area contributed by atoms with Crippen molar-refractivity contribution in [3.63, 3.8) is 0 Å². The number of methoxy groups -OCH3 is 1. The third kappa shape index (κ3) is 4.82. The van der Waals surface area contributed by atoms with Gasteiger partial charge in [0.2, 0.25) is 11.3 Å². The summed E-state index contributed by atoms with van der Waals surface area (Å²) in [6.45, 7) is 4.54. The summed E-state index contributed by atoms with van der Waals surface area (Å²) in [7, 11) is 2.83. The zero-order valence-electron chi connectivity index (χ0n) is 26.5. The summed E-state index contributed by atoms with van der Waals surface area (Å²) < 4.78 is 20.2. The number of ether oxygens (including phenoxy) is 3. The summed E-state index contributed by atoms with van der Waals surface area (Å²) >= 11 is 0. The van der Waals surface area contributed by atoms with Crippen molar-refractivity contribution in [3.8, 4) is 5.75 Å². The third-order valence-electron chi connectivity index (χ3n) is 8.95. The maximum Gasteiger partial charge on any atom is 0.330 e. The van der Waals surface area contributed by atoms with E-state index in [-0.39, 0.29) is 12.2 Å². The third-order valence-corrected chi connectivity index (χ3v) is 8.95. The minimum atomic E-state index is -2.20. The molecule has 244 valence electrons. The zero-order valence-corrected chi connectivity index (χ0v) is 26.5. The highest BCUT2D eigenvalue weighted by molar-refractivity contribution is 5.57. The van der Waals surface area contributed by atoms with Crippen LogP contribution >= 0.6 is 0 Å². The first-order valence-corrected chi connectivity index (χ1v) is 15.1. The summed E-state index contributed by atoms with van der Waals surface area (Å²) in [4.78, 5) is 41.4. The predicted molar refractivity (Wildman–Crippen MR) is 170 cm³/mol. The van der Waals surface area contributed by atoms with Crippen molar-refractivity contribution < 1.29 is 34.2 Å². The maximum atomic E-state index is 14.3. The Balaban J connectivity index is 2.18. The first kappa shape index (κ1) is 33.3. The van der Waals surface area contributed by atoms with Crippen LogP contribution in [0.5, 0.6) is 5.75 Å². The number of aromatic nitrogens is 2. The van der Waals surface area contributed by atoms with Gasteiger partial charge in [-0.3, -0.25) is 14.3 Å². The van der Waals surface area contributed by atoms with Crippen LogP contribution in [0.2, 0.25) is 0 Å². The fourth-order valence-corrected chi connectivity index (χ4v) is 7.12. The molecule has 4 aromatic rings. The molecule has 3 N–H and O–H groups in total. The van der Waals surface area contributed by atoms with Gasteiger partial charge >= 0.3 is 5.69 Å². The lowest BCUT2D eigenvalue weighted by Gasteiger charge is -2.57. The monoisotopic (exact) mass is 632 g/mol. The number of rotatable bonds is 12. The number of benzene rings is 3. The molecule has 3 aromatic carbocycles. The lowest BCUT2D eigenvalue weighted by Crippen LogP contribution is -2.74. The van der Waals surface area contributed by atoms with Crippen LogP contribution in [-0.4, -0.2) is 71.1 Å². The Labute approximate surface area is 266 Å². The number of hydrogen-bond acceptors (Lipinski definition) is 9. The van der Waals surface area contributed by atoms with E-state index in [0.717, 1.165) is 0 Å². The molecule has 0 saturated carbocycles. The highest BCUT2D eigenvalue weighted by Gasteiger charge is 2.80. The van der Waals surface area contributed by atoms with Gasteiger partial charge in [-0.15, -0.1) is 0 Å². The topological polar surface area (TPSA) is 141 Å². The van der Waals surface area contributed by atoms with E-state index in [1.807, 2.05) is 78.9 Å². The van der Waals surface area contributed by atoms with E-state index in [1.165, 1.54) is 17.9 Å². The fraction of sp³-hybridized carbons (Fsp3) is 0.371. The number of aryl methyl sites for hydroxylation is 1. The van der Waals surface area contributed by atoms with Crippen molar-refractivity contribution in [2.24, 2.45) is 0 Å². The quantitative estimate of drug-likeness (QED) is 0.122. The van der Waals surface area contributed by atoms with Crippen LogP contribution in [0.25, 0.3) is 0 Å². The van der Waals surface area contributed by atoms with Crippen molar-refractivity contribution in [1.29, 1.82) is 0 Å². The van der Waals surface area contributed by atoms with Crippen LogP contribution in [0.3, 0.4) is 0 Å². The molecule has 1 aliphatic heterocycles. The van der Waals surface area contributed by atoms with E-state index >= 15 is 0 Å². The van der Waals surface area contributed by atoms with E-state index in [0.29, 0.717) is 22.4 Å². The van der Waals surface area contributed by atoms with Gasteiger partial charge in [-0.2, -0.15) is 0 Å². The molecular weight excluding hydrogens is 592 g/mol. The van der Waals surface area contributed by atoms with Crippen LogP contribution in [-0.2, 0) is 30.4 Å². The molecule has 1 fully saturated rings. The van der Waals surface area contributed by atoms with Gasteiger partial charge in [0.1, 0.15) is 18.0 Å². The number of nitrogens with zero attached hydrogens (tertiary/aromatic N) is 1. The Kier molecular flexibility index (Phi) is 9.64. The van der Waals surface area contributed by atoms with Crippen molar-refractivity contribution in [3.05, 3.63) is 134 Å². The second-order valence-electron chi connectivity index (χ2n) is 11.2. The van der Waals surface area contributed by atoms with Gasteiger partial charge in [0.25, 0.3) is 5.56 Å². The number of aromatic amines is 1. The van der Waals surface area contributed by atoms with Gasteiger partial charge in [0.15, 0.2) is 0 Å². The summed E-state index contributed by atoms with van der Waals surface area (Å²) in [5, 5.41) is 23.1. The Morgan fingerprint density at radius 3 is 2.13 bits per heavy atom. The molecular formula is C35H40N2O9. The molecule has 0 spiro atoms. The van der Waals surface area contributed by atoms with Gasteiger partial charge in [-0.25, -0.2) is 14.6 Å². The first-order valence-electron chi connectivity index (χ1n) is 15.1. The molecule has 0 amide bonds. The summed E-state index contributed by atoms with van der Waals surface area (Å²) in [5.41, 5.74) is -5.39. The fourth-order valence-electron chi connectivity index (χ4n) is 7.12. The average Bonchev–Trinajstić information content (AvgIpc) is 3.33. The molecule has 11 nitrogen and oxygen atoms in total. The van der Waals surface area contributed by atoms with Gasteiger partial charge in [-0.05, 0) is 49.6 Å². The first-order chi connectivity index (χ1) is 22.2. The summed E-state index contributed by atoms with van der Waals surface area (Å²) in [6.07, 6.45) is -2.65. The lowest BCUT2D eigenvalue weighted by atomic mass is 9.56. The predicted octanol–water partition coefficient (Wildman–Crippen LogP) is 3.03. The normalized spacial score (nSPS) is 23.7. The zero-order chi connectivity index (χ0) is 33.1. The average molecular weight is 633 g/mol. The van der Waals surface area contributed by atoms with Gasteiger partial charge < -0.3 is 24.4 Å². The van der Waals surface area contributed by atoms with Crippen molar-refractivity contribution >= 4 is 0 Å². The highest BCUT2D eigenvalue weighted by Crippen LogP contribution is 2.63. The van der Waals surface area contributed by atoms with Gasteiger partial charge in [-0.1, -0.05) is 72.8 Å². The largest absolute Gasteiger partial charge is 0.497 e. The Morgan fingerprint density at radius 2 is 1.59 bits per heavy atom. The van der Waals surface area contributed by atoms with E-state index in [1.54, 1.807) is 33.9 Å². The second-order valence-corrected chi connectivity index (χ2v) is 11.2. The van der Waals surface area contributed by atoms with Crippen LogP contribution in [0.4, 0.5) is 0 Å². The lowest BCUT2D eigenvalue weighted by molar-refractivity contribution is -0.419. The number of hydrogen-bond donors (Lipinski definition) is 3. The molecule has 0 aliphatic carbocycles. The number of aliphatic hydroxyl groups excluding tert-OH is 2. The molecule has 1 aromatic heterocycles. The van der Waals surface area contributed by atoms with Gasteiger partial charge in [0.05, 0.1) is 32.3 Å². The van der Waals surface area contributed by atoms with E-state index in [9.17, 15) is 19.8 Å². The van der Waals surface area contributed by atoms with Crippen LogP contribution < -0.4 is 16.0 Å². The van der Waals surface area contributed by atoms with E-state index < -0.39 is 52.9 Å². The van der Waals surface area contributed by atoms with Crippen LogP contribution in [0, 0.1) is 6.92 Å². The Bertz CT molecular complexity index is 1700. The minimum Gasteiger partial charge on any atom is -0.497 e. The SMILES string of the molecule is CCOC(C)[C@@]1(OOC)[C@H](O)[C@@H](CO)O[C@]1(n1cc(C)c(=O)[nH]c1=O)C(c1ccccc1)(c1ccccc1)c1cccc(OC)c1. The smallest absolute Gasteiger partial charge is 0.330 e.